The van der Waals surface area contributed by atoms with Gasteiger partial charge in [-0.25, -0.2) is 8.78 Å². The van der Waals surface area contributed by atoms with Crippen LogP contribution in [-0.4, -0.2) is 4.98 Å². The van der Waals surface area contributed by atoms with Gasteiger partial charge in [-0.1, -0.05) is 0 Å². The summed E-state index contributed by atoms with van der Waals surface area (Å²) in [5, 5.41) is 3.80. The minimum absolute atomic E-state index is 0.452. The first kappa shape index (κ1) is 10.7. The third kappa shape index (κ3) is 1.79. The van der Waals surface area contributed by atoms with Crippen molar-refractivity contribution >= 4 is 22.3 Å². The number of hydrogen-bond acceptors (Lipinski definition) is 3. The summed E-state index contributed by atoms with van der Waals surface area (Å²) in [6, 6.07) is 5.40. The molecule has 5 heteroatoms. The van der Waals surface area contributed by atoms with E-state index in [1.54, 1.807) is 18.5 Å². The van der Waals surface area contributed by atoms with Gasteiger partial charge in [0, 0.05) is 23.3 Å². The van der Waals surface area contributed by atoms with Gasteiger partial charge in [-0.05, 0) is 18.2 Å². The molecule has 90 valence electrons. The number of halogens is 2. The van der Waals surface area contributed by atoms with Gasteiger partial charge < -0.3 is 9.73 Å². The van der Waals surface area contributed by atoms with Crippen LogP contribution in [0.2, 0.25) is 0 Å². The lowest BCUT2D eigenvalue weighted by Gasteiger charge is -2.04. The largest absolute Gasteiger partial charge is 0.460 e. The summed E-state index contributed by atoms with van der Waals surface area (Å²) in [7, 11) is 0. The van der Waals surface area contributed by atoms with Crippen LogP contribution in [0.25, 0.3) is 11.0 Å². The first-order valence-electron chi connectivity index (χ1n) is 5.27. The summed E-state index contributed by atoms with van der Waals surface area (Å²) in [5.41, 5.74) is 1.76. The monoisotopic (exact) mass is 246 g/mol. The Labute approximate surface area is 101 Å². The average molecular weight is 246 g/mol. The van der Waals surface area contributed by atoms with E-state index in [9.17, 15) is 8.78 Å². The Kier molecular flexibility index (Phi) is 2.44. The topological polar surface area (TPSA) is 38.1 Å². The molecule has 0 radical (unpaired) electrons. The lowest BCUT2D eigenvalue weighted by atomic mass is 10.2. The van der Waals surface area contributed by atoms with Gasteiger partial charge in [0.25, 0.3) is 0 Å². The van der Waals surface area contributed by atoms with E-state index >= 15 is 0 Å². The second kappa shape index (κ2) is 4.10. The number of hydrogen-bond donors (Lipinski definition) is 1. The van der Waals surface area contributed by atoms with Gasteiger partial charge in [0.1, 0.15) is 6.26 Å². The number of aromatic nitrogens is 1. The molecule has 3 nitrogen and oxygen atoms in total. The van der Waals surface area contributed by atoms with Crippen molar-refractivity contribution in [1.82, 2.24) is 4.98 Å². The number of anilines is 2. The van der Waals surface area contributed by atoms with Gasteiger partial charge in [-0.3, -0.25) is 4.98 Å². The predicted molar refractivity (Wildman–Crippen MR) is 63.6 cm³/mol. The lowest BCUT2D eigenvalue weighted by molar-refractivity contribution is 0.509. The molecule has 0 fully saturated rings. The van der Waals surface area contributed by atoms with E-state index < -0.39 is 11.6 Å². The molecular weight excluding hydrogens is 238 g/mol. The van der Waals surface area contributed by atoms with Crippen LogP contribution in [0.1, 0.15) is 0 Å². The van der Waals surface area contributed by atoms with E-state index in [0.29, 0.717) is 17.0 Å². The summed E-state index contributed by atoms with van der Waals surface area (Å²) >= 11 is 0. The predicted octanol–water partition coefficient (Wildman–Crippen LogP) is 3.85. The van der Waals surface area contributed by atoms with Crippen molar-refractivity contribution < 1.29 is 13.2 Å². The third-order valence-corrected chi connectivity index (χ3v) is 2.58. The Morgan fingerprint density at radius 2 is 2.00 bits per heavy atom. The highest BCUT2D eigenvalue weighted by molar-refractivity contribution is 5.91. The minimum Gasteiger partial charge on any atom is -0.460 e. The summed E-state index contributed by atoms with van der Waals surface area (Å²) < 4.78 is 31.2. The van der Waals surface area contributed by atoms with Gasteiger partial charge >= 0.3 is 0 Å². The van der Waals surface area contributed by atoms with Crippen molar-refractivity contribution in [3.8, 4) is 0 Å². The van der Waals surface area contributed by atoms with Gasteiger partial charge in [-0.15, -0.1) is 0 Å². The van der Waals surface area contributed by atoms with Crippen molar-refractivity contribution in [2.24, 2.45) is 0 Å². The average Bonchev–Trinajstić information content (AvgIpc) is 2.78. The highest BCUT2D eigenvalue weighted by Crippen LogP contribution is 2.28. The standard InChI is InChI=1S/C13H8F2N2O/c14-10-2-1-8(5-11(10)15)17-12-7-18-13-6-16-4-3-9(12)13/h1-7,17H. The number of pyridine rings is 1. The highest BCUT2D eigenvalue weighted by Gasteiger charge is 2.07. The Balaban J connectivity index is 1.98. The molecule has 18 heavy (non-hydrogen) atoms. The maximum atomic E-state index is 13.1. The number of nitrogens with one attached hydrogen (secondary N) is 1. The second-order valence-electron chi connectivity index (χ2n) is 3.78. The molecular formula is C13H8F2N2O. The Morgan fingerprint density at radius 3 is 2.83 bits per heavy atom. The number of fused-ring (bicyclic) bond motifs is 1. The molecule has 0 aliphatic carbocycles. The van der Waals surface area contributed by atoms with E-state index in [1.807, 2.05) is 0 Å². The quantitative estimate of drug-likeness (QED) is 0.746. The van der Waals surface area contributed by atoms with Crippen molar-refractivity contribution in [2.75, 3.05) is 5.32 Å². The van der Waals surface area contributed by atoms with E-state index in [1.165, 1.54) is 12.3 Å². The maximum Gasteiger partial charge on any atom is 0.160 e. The Bertz CT molecular complexity index is 709. The fraction of sp³-hybridized carbons (Fsp3) is 0. The van der Waals surface area contributed by atoms with Crippen molar-refractivity contribution in [3.05, 3.63) is 54.6 Å². The minimum atomic E-state index is -0.894. The van der Waals surface area contributed by atoms with Gasteiger partial charge in [-0.2, -0.15) is 0 Å². The molecule has 0 unspecified atom stereocenters. The van der Waals surface area contributed by atoms with E-state index in [4.69, 9.17) is 4.42 Å². The normalized spacial score (nSPS) is 10.8. The number of rotatable bonds is 2. The highest BCUT2D eigenvalue weighted by atomic mass is 19.2. The molecule has 0 atom stereocenters. The summed E-state index contributed by atoms with van der Waals surface area (Å²) in [6.07, 6.45) is 4.73. The maximum absolute atomic E-state index is 13.1. The van der Waals surface area contributed by atoms with Crippen molar-refractivity contribution in [1.29, 1.82) is 0 Å². The summed E-state index contributed by atoms with van der Waals surface area (Å²) in [4.78, 5) is 3.93. The Morgan fingerprint density at radius 1 is 1.11 bits per heavy atom. The van der Waals surface area contributed by atoms with Crippen molar-refractivity contribution in [3.63, 3.8) is 0 Å². The van der Waals surface area contributed by atoms with Crippen LogP contribution < -0.4 is 5.32 Å². The van der Waals surface area contributed by atoms with E-state index in [0.717, 1.165) is 17.5 Å². The van der Waals surface area contributed by atoms with Crippen LogP contribution in [0.5, 0.6) is 0 Å². The van der Waals surface area contributed by atoms with Crippen LogP contribution in [-0.2, 0) is 0 Å². The molecule has 0 bridgehead atoms. The number of benzene rings is 1. The molecule has 3 aromatic rings. The number of nitrogens with zero attached hydrogens (tertiary/aromatic N) is 1. The smallest absolute Gasteiger partial charge is 0.160 e. The molecule has 3 rings (SSSR count). The van der Waals surface area contributed by atoms with E-state index in [-0.39, 0.29) is 0 Å². The third-order valence-electron chi connectivity index (χ3n) is 2.58. The van der Waals surface area contributed by atoms with Crippen LogP contribution in [0.4, 0.5) is 20.2 Å². The van der Waals surface area contributed by atoms with Crippen LogP contribution in [0.15, 0.2) is 47.3 Å². The van der Waals surface area contributed by atoms with Gasteiger partial charge in [0.2, 0.25) is 0 Å². The molecule has 2 aromatic heterocycles. The van der Waals surface area contributed by atoms with Crippen molar-refractivity contribution in [2.45, 2.75) is 0 Å². The van der Waals surface area contributed by atoms with Crippen LogP contribution in [0.3, 0.4) is 0 Å². The van der Waals surface area contributed by atoms with Crippen LogP contribution >= 0.6 is 0 Å². The first-order chi connectivity index (χ1) is 8.74. The fourth-order valence-corrected chi connectivity index (χ4v) is 1.71. The Hall–Kier alpha value is -2.43. The zero-order chi connectivity index (χ0) is 12.5. The molecule has 0 aliphatic heterocycles. The molecule has 0 saturated heterocycles. The molecule has 0 aliphatic rings. The lowest BCUT2D eigenvalue weighted by Crippen LogP contribution is -1.91. The van der Waals surface area contributed by atoms with Crippen LogP contribution in [0, 0.1) is 11.6 Å². The van der Waals surface area contributed by atoms with Gasteiger partial charge in [0.05, 0.1) is 11.9 Å². The zero-order valence-corrected chi connectivity index (χ0v) is 9.15. The molecule has 0 saturated carbocycles. The first-order valence-corrected chi connectivity index (χ1v) is 5.27. The molecule has 1 aromatic carbocycles. The number of furan rings is 1. The second-order valence-corrected chi connectivity index (χ2v) is 3.78. The molecule has 1 N–H and O–H groups in total. The SMILES string of the molecule is Fc1ccc(Nc2coc3cnccc23)cc1F. The van der Waals surface area contributed by atoms with E-state index in [2.05, 4.69) is 10.3 Å². The summed E-state index contributed by atoms with van der Waals surface area (Å²) in [5.74, 6) is -1.77. The van der Waals surface area contributed by atoms with Gasteiger partial charge in [0.15, 0.2) is 17.2 Å². The molecule has 0 amide bonds. The zero-order valence-electron chi connectivity index (χ0n) is 9.15. The fourth-order valence-electron chi connectivity index (χ4n) is 1.71. The molecule has 0 spiro atoms. The summed E-state index contributed by atoms with van der Waals surface area (Å²) in [6.45, 7) is 0. The molecule has 2 heterocycles.